The van der Waals surface area contributed by atoms with E-state index >= 15 is 0 Å². The van der Waals surface area contributed by atoms with E-state index in [2.05, 4.69) is 0 Å². The smallest absolute Gasteiger partial charge is 0.417 e. The van der Waals surface area contributed by atoms with Gasteiger partial charge in [-0.1, -0.05) is 30.3 Å². The van der Waals surface area contributed by atoms with E-state index in [0.29, 0.717) is 0 Å². The van der Waals surface area contributed by atoms with E-state index in [1.165, 1.54) is 11.7 Å². The molecule has 0 atom stereocenters. The molecule has 1 aromatic carbocycles. The highest BCUT2D eigenvalue weighted by Gasteiger charge is 2.09. The Morgan fingerprint density at radius 2 is 1.88 bits per heavy atom. The van der Waals surface area contributed by atoms with Gasteiger partial charge in [-0.3, -0.25) is 4.57 Å². The molecule has 0 spiro atoms. The van der Waals surface area contributed by atoms with Crippen molar-refractivity contribution in [1.82, 2.24) is 4.57 Å². The number of nitrogens with zero attached hydrogens (tertiary/aromatic N) is 1. The van der Waals surface area contributed by atoms with Gasteiger partial charge in [0.25, 0.3) is 0 Å². The van der Waals surface area contributed by atoms with Crippen LogP contribution >= 0.6 is 0 Å². The number of hydrogen-bond acceptors (Lipinski definition) is 2. The van der Waals surface area contributed by atoms with E-state index < -0.39 is 0 Å². The first-order valence-corrected chi connectivity index (χ1v) is 5.05. The Morgan fingerprint density at radius 3 is 2.50 bits per heavy atom. The van der Waals surface area contributed by atoms with Crippen LogP contribution in [0, 0.1) is 6.92 Å². The van der Waals surface area contributed by atoms with Crippen LogP contribution in [0.15, 0.2) is 42.6 Å². The molecule has 0 aliphatic heterocycles. The number of aromatic nitrogens is 1. The van der Waals surface area contributed by atoms with Gasteiger partial charge in [-0.15, -0.1) is 0 Å². The fourth-order valence-electron chi connectivity index (χ4n) is 1.66. The van der Waals surface area contributed by atoms with Gasteiger partial charge in [0, 0.05) is 17.5 Å². The lowest BCUT2D eigenvalue weighted by atomic mass is 10.1. The molecule has 0 amide bonds. The zero-order chi connectivity index (χ0) is 11.5. The first-order chi connectivity index (χ1) is 7.72. The molecule has 0 unspecified atom stereocenters. The third-order valence-electron chi connectivity index (χ3n) is 2.49. The third-order valence-corrected chi connectivity index (χ3v) is 2.49. The quantitative estimate of drug-likeness (QED) is 0.732. The predicted molar refractivity (Wildman–Crippen MR) is 62.4 cm³/mol. The summed E-state index contributed by atoms with van der Waals surface area (Å²) in [5, 5.41) is 0. The third kappa shape index (κ3) is 1.84. The first kappa shape index (κ1) is 10.5. The lowest BCUT2D eigenvalue weighted by Gasteiger charge is -2.00. The molecule has 0 radical (unpaired) electrons. The van der Waals surface area contributed by atoms with E-state index in [0.717, 1.165) is 16.8 Å². The van der Waals surface area contributed by atoms with E-state index in [4.69, 9.17) is 4.74 Å². The Hall–Kier alpha value is -2.03. The molecule has 82 valence electrons. The van der Waals surface area contributed by atoms with Gasteiger partial charge in [0.05, 0.1) is 7.11 Å². The van der Waals surface area contributed by atoms with E-state index in [-0.39, 0.29) is 6.09 Å². The molecule has 0 saturated carbocycles. The molecule has 0 fully saturated rings. The van der Waals surface area contributed by atoms with Gasteiger partial charge in [0.15, 0.2) is 0 Å². The van der Waals surface area contributed by atoms with E-state index in [1.54, 1.807) is 6.20 Å². The van der Waals surface area contributed by atoms with Crippen LogP contribution in [-0.2, 0) is 4.74 Å². The normalized spacial score (nSPS) is 10.1. The average molecular weight is 215 g/mol. The Morgan fingerprint density at radius 1 is 1.19 bits per heavy atom. The maximum Gasteiger partial charge on any atom is 0.417 e. The summed E-state index contributed by atoms with van der Waals surface area (Å²) >= 11 is 0. The number of methoxy groups -OCH3 is 1. The summed E-state index contributed by atoms with van der Waals surface area (Å²) in [6.45, 7) is 1.88. The Labute approximate surface area is 94.3 Å². The zero-order valence-corrected chi connectivity index (χ0v) is 9.31. The van der Waals surface area contributed by atoms with Crippen molar-refractivity contribution in [2.24, 2.45) is 0 Å². The SMILES string of the molecule is COC(=O)n1cc(-c2ccccc2)cc1C. The maximum absolute atomic E-state index is 11.4. The highest BCUT2D eigenvalue weighted by molar-refractivity contribution is 5.75. The van der Waals surface area contributed by atoms with Crippen molar-refractivity contribution in [3.05, 3.63) is 48.3 Å². The average Bonchev–Trinajstić information content (AvgIpc) is 2.71. The number of rotatable bonds is 1. The number of aryl methyl sites for hydroxylation is 1. The Kier molecular flexibility index (Phi) is 2.77. The summed E-state index contributed by atoms with van der Waals surface area (Å²) in [5.41, 5.74) is 2.97. The highest BCUT2D eigenvalue weighted by atomic mass is 16.5. The monoisotopic (exact) mass is 215 g/mol. The zero-order valence-electron chi connectivity index (χ0n) is 9.31. The van der Waals surface area contributed by atoms with Crippen molar-refractivity contribution in [3.63, 3.8) is 0 Å². The van der Waals surface area contributed by atoms with Gasteiger partial charge < -0.3 is 4.74 Å². The summed E-state index contributed by atoms with van der Waals surface area (Å²) in [5.74, 6) is 0. The largest absolute Gasteiger partial charge is 0.452 e. The van der Waals surface area contributed by atoms with Gasteiger partial charge >= 0.3 is 6.09 Å². The fraction of sp³-hybridized carbons (Fsp3) is 0.154. The Bertz CT molecular complexity index is 500. The topological polar surface area (TPSA) is 31.2 Å². The van der Waals surface area contributed by atoms with Crippen LogP contribution in [-0.4, -0.2) is 17.8 Å². The number of carbonyl (C=O) groups excluding carboxylic acids is 1. The summed E-state index contributed by atoms with van der Waals surface area (Å²) < 4.78 is 6.19. The van der Waals surface area contributed by atoms with Crippen molar-refractivity contribution in [1.29, 1.82) is 0 Å². The fourth-order valence-corrected chi connectivity index (χ4v) is 1.66. The summed E-state index contributed by atoms with van der Waals surface area (Å²) in [6, 6.07) is 11.9. The molecule has 1 heterocycles. The van der Waals surface area contributed by atoms with Crippen LogP contribution in [0.25, 0.3) is 11.1 Å². The number of hydrogen-bond donors (Lipinski definition) is 0. The lowest BCUT2D eigenvalue weighted by molar-refractivity contribution is 0.172. The minimum atomic E-state index is -0.361. The van der Waals surface area contributed by atoms with Gasteiger partial charge in [0.1, 0.15) is 0 Å². The van der Waals surface area contributed by atoms with E-state index in [1.807, 2.05) is 43.3 Å². The van der Waals surface area contributed by atoms with Crippen LogP contribution in [0.5, 0.6) is 0 Å². The van der Waals surface area contributed by atoms with Crippen molar-refractivity contribution < 1.29 is 9.53 Å². The number of ether oxygens (including phenoxy) is 1. The molecule has 3 heteroatoms. The molecular weight excluding hydrogens is 202 g/mol. The molecule has 3 nitrogen and oxygen atoms in total. The van der Waals surface area contributed by atoms with Gasteiger partial charge in [-0.2, -0.15) is 0 Å². The molecule has 16 heavy (non-hydrogen) atoms. The highest BCUT2D eigenvalue weighted by Crippen LogP contribution is 2.21. The van der Waals surface area contributed by atoms with Crippen LogP contribution < -0.4 is 0 Å². The van der Waals surface area contributed by atoms with Crippen molar-refractivity contribution >= 4 is 6.09 Å². The van der Waals surface area contributed by atoms with Crippen molar-refractivity contribution in [2.75, 3.05) is 7.11 Å². The second-order valence-electron chi connectivity index (χ2n) is 3.58. The number of carbonyl (C=O) groups is 1. The first-order valence-electron chi connectivity index (χ1n) is 5.05. The predicted octanol–water partition coefficient (Wildman–Crippen LogP) is 3.08. The summed E-state index contributed by atoms with van der Waals surface area (Å²) in [7, 11) is 1.38. The van der Waals surface area contributed by atoms with Gasteiger partial charge in [0.2, 0.25) is 0 Å². The van der Waals surface area contributed by atoms with Crippen LogP contribution in [0.3, 0.4) is 0 Å². The van der Waals surface area contributed by atoms with Gasteiger partial charge in [-0.05, 0) is 18.6 Å². The second kappa shape index (κ2) is 4.23. The van der Waals surface area contributed by atoms with Crippen LogP contribution in [0.2, 0.25) is 0 Å². The molecule has 1 aromatic heterocycles. The summed E-state index contributed by atoms with van der Waals surface area (Å²) in [6.07, 6.45) is 1.43. The molecule has 2 aromatic rings. The molecule has 2 rings (SSSR count). The van der Waals surface area contributed by atoms with Crippen LogP contribution in [0.1, 0.15) is 5.69 Å². The minimum Gasteiger partial charge on any atom is -0.452 e. The summed E-state index contributed by atoms with van der Waals surface area (Å²) in [4.78, 5) is 11.4. The van der Waals surface area contributed by atoms with Crippen molar-refractivity contribution in [2.45, 2.75) is 6.92 Å². The standard InChI is InChI=1S/C13H13NO2/c1-10-8-12(9-14(10)13(15)16-2)11-6-4-3-5-7-11/h3-9H,1-2H3. The minimum absolute atomic E-state index is 0.361. The Balaban J connectivity index is 2.42. The number of benzene rings is 1. The van der Waals surface area contributed by atoms with E-state index in [9.17, 15) is 4.79 Å². The second-order valence-corrected chi connectivity index (χ2v) is 3.58. The molecular formula is C13H13NO2. The molecule has 0 aliphatic carbocycles. The molecule has 0 bridgehead atoms. The van der Waals surface area contributed by atoms with Gasteiger partial charge in [-0.25, -0.2) is 4.79 Å². The van der Waals surface area contributed by atoms with Crippen LogP contribution in [0.4, 0.5) is 4.79 Å². The van der Waals surface area contributed by atoms with Crippen molar-refractivity contribution in [3.8, 4) is 11.1 Å². The molecule has 0 aliphatic rings. The molecule has 0 N–H and O–H groups in total. The molecule has 0 saturated heterocycles. The maximum atomic E-state index is 11.4. The lowest BCUT2D eigenvalue weighted by Crippen LogP contribution is -2.11.